The van der Waals surface area contributed by atoms with E-state index in [0.717, 1.165) is 15.4 Å². The molecular formula is C9H7BrOS. The third-order valence-corrected chi connectivity index (χ3v) is 3.89. The van der Waals surface area contributed by atoms with E-state index in [1.165, 1.54) is 4.70 Å². The molecule has 0 spiro atoms. The Bertz CT molecular complexity index is 433. The van der Waals surface area contributed by atoms with E-state index in [2.05, 4.69) is 15.9 Å². The van der Waals surface area contributed by atoms with E-state index in [9.17, 15) is 5.11 Å². The zero-order valence-corrected chi connectivity index (χ0v) is 8.87. The van der Waals surface area contributed by atoms with Gasteiger partial charge in [0.05, 0.1) is 0 Å². The average Bonchev–Trinajstić information content (AvgIpc) is 2.33. The highest BCUT2D eigenvalue weighted by Gasteiger charge is 2.04. The SMILES string of the molecule is Cc1cc(O)cc2c(Br)csc12. The first kappa shape index (κ1) is 8.08. The van der Waals surface area contributed by atoms with E-state index in [-0.39, 0.29) is 0 Å². The summed E-state index contributed by atoms with van der Waals surface area (Å²) in [6.45, 7) is 2.00. The van der Waals surface area contributed by atoms with Gasteiger partial charge in [0.25, 0.3) is 0 Å². The largest absolute Gasteiger partial charge is 0.508 e. The fourth-order valence-corrected chi connectivity index (χ4v) is 2.88. The quantitative estimate of drug-likeness (QED) is 0.748. The Kier molecular flexibility index (Phi) is 1.85. The molecule has 3 heteroatoms. The number of benzene rings is 1. The van der Waals surface area contributed by atoms with E-state index in [1.54, 1.807) is 23.5 Å². The Hall–Kier alpha value is -0.540. The van der Waals surface area contributed by atoms with Gasteiger partial charge in [-0.3, -0.25) is 0 Å². The number of hydrogen-bond acceptors (Lipinski definition) is 2. The Balaban J connectivity index is 2.92. The molecule has 1 N–H and O–H groups in total. The van der Waals surface area contributed by atoms with Gasteiger partial charge in [-0.25, -0.2) is 0 Å². The Labute approximate surface area is 82.8 Å². The molecule has 0 saturated heterocycles. The van der Waals surface area contributed by atoms with Gasteiger partial charge in [0, 0.05) is 19.9 Å². The summed E-state index contributed by atoms with van der Waals surface area (Å²) in [7, 11) is 0. The third-order valence-electron chi connectivity index (χ3n) is 1.80. The zero-order chi connectivity index (χ0) is 8.72. The predicted molar refractivity (Wildman–Crippen MR) is 55.9 cm³/mol. The van der Waals surface area contributed by atoms with Crippen LogP contribution in [0.4, 0.5) is 0 Å². The lowest BCUT2D eigenvalue weighted by molar-refractivity contribution is 0.476. The molecule has 0 aliphatic carbocycles. The van der Waals surface area contributed by atoms with E-state index in [1.807, 2.05) is 12.3 Å². The molecule has 0 unspecified atom stereocenters. The van der Waals surface area contributed by atoms with Gasteiger partial charge in [-0.15, -0.1) is 11.3 Å². The van der Waals surface area contributed by atoms with Crippen LogP contribution in [0.15, 0.2) is 22.0 Å². The second-order valence-corrected chi connectivity index (χ2v) is 4.46. The van der Waals surface area contributed by atoms with Crippen molar-refractivity contribution in [1.29, 1.82) is 0 Å². The molecule has 1 heterocycles. The second-order valence-electron chi connectivity index (χ2n) is 2.72. The van der Waals surface area contributed by atoms with Gasteiger partial charge in [0.2, 0.25) is 0 Å². The number of hydrogen-bond donors (Lipinski definition) is 1. The first-order chi connectivity index (χ1) is 5.68. The van der Waals surface area contributed by atoms with Crippen LogP contribution in [-0.4, -0.2) is 5.11 Å². The molecular weight excluding hydrogens is 236 g/mol. The second kappa shape index (κ2) is 2.75. The molecule has 0 atom stereocenters. The van der Waals surface area contributed by atoms with Gasteiger partial charge in [0.1, 0.15) is 5.75 Å². The lowest BCUT2D eigenvalue weighted by atomic mass is 10.2. The monoisotopic (exact) mass is 242 g/mol. The number of phenols is 1. The lowest BCUT2D eigenvalue weighted by Gasteiger charge is -1.97. The van der Waals surface area contributed by atoms with Crippen LogP contribution in [0.3, 0.4) is 0 Å². The number of halogens is 1. The third kappa shape index (κ3) is 1.13. The van der Waals surface area contributed by atoms with Gasteiger partial charge >= 0.3 is 0 Å². The number of fused-ring (bicyclic) bond motifs is 1. The molecule has 2 rings (SSSR count). The van der Waals surface area contributed by atoms with E-state index in [4.69, 9.17) is 0 Å². The first-order valence-electron chi connectivity index (χ1n) is 3.55. The molecule has 2 aromatic rings. The van der Waals surface area contributed by atoms with Crippen LogP contribution >= 0.6 is 27.3 Å². The molecule has 1 aromatic carbocycles. The average molecular weight is 243 g/mol. The van der Waals surface area contributed by atoms with Crippen LogP contribution in [0.1, 0.15) is 5.56 Å². The van der Waals surface area contributed by atoms with Crippen molar-refractivity contribution in [1.82, 2.24) is 0 Å². The molecule has 0 aliphatic rings. The van der Waals surface area contributed by atoms with Crippen molar-refractivity contribution in [2.45, 2.75) is 6.92 Å². The lowest BCUT2D eigenvalue weighted by Crippen LogP contribution is -1.72. The maximum absolute atomic E-state index is 9.34. The summed E-state index contributed by atoms with van der Waals surface area (Å²) in [6.07, 6.45) is 0. The summed E-state index contributed by atoms with van der Waals surface area (Å²) in [4.78, 5) is 0. The Morgan fingerprint density at radius 3 is 2.92 bits per heavy atom. The number of phenolic OH excluding ortho intramolecular Hbond substituents is 1. The molecule has 0 saturated carbocycles. The van der Waals surface area contributed by atoms with Crippen molar-refractivity contribution in [3.63, 3.8) is 0 Å². The number of thiophene rings is 1. The molecule has 1 aromatic heterocycles. The van der Waals surface area contributed by atoms with Gasteiger partial charge in [0.15, 0.2) is 0 Å². The summed E-state index contributed by atoms with van der Waals surface area (Å²) >= 11 is 5.13. The molecule has 0 radical (unpaired) electrons. The van der Waals surface area contributed by atoms with Crippen LogP contribution in [0.25, 0.3) is 10.1 Å². The summed E-state index contributed by atoms with van der Waals surface area (Å²) < 4.78 is 2.29. The zero-order valence-electron chi connectivity index (χ0n) is 6.47. The Morgan fingerprint density at radius 2 is 2.17 bits per heavy atom. The molecule has 0 amide bonds. The van der Waals surface area contributed by atoms with Crippen molar-refractivity contribution >= 4 is 37.4 Å². The van der Waals surface area contributed by atoms with Crippen molar-refractivity contribution in [3.8, 4) is 5.75 Å². The minimum absolute atomic E-state index is 0.333. The Morgan fingerprint density at radius 1 is 1.42 bits per heavy atom. The van der Waals surface area contributed by atoms with E-state index >= 15 is 0 Å². The van der Waals surface area contributed by atoms with Gasteiger partial charge in [-0.05, 0) is 40.5 Å². The standard InChI is InChI=1S/C9H7BrOS/c1-5-2-6(11)3-7-8(10)4-12-9(5)7/h2-4,11H,1H3. The fraction of sp³-hybridized carbons (Fsp3) is 0.111. The van der Waals surface area contributed by atoms with Crippen molar-refractivity contribution in [3.05, 3.63) is 27.5 Å². The van der Waals surface area contributed by atoms with Crippen LogP contribution in [0.5, 0.6) is 5.75 Å². The smallest absolute Gasteiger partial charge is 0.116 e. The molecule has 12 heavy (non-hydrogen) atoms. The normalized spacial score (nSPS) is 10.8. The molecule has 0 aliphatic heterocycles. The van der Waals surface area contributed by atoms with E-state index < -0.39 is 0 Å². The van der Waals surface area contributed by atoms with Crippen LogP contribution < -0.4 is 0 Å². The van der Waals surface area contributed by atoms with Crippen LogP contribution in [0.2, 0.25) is 0 Å². The summed E-state index contributed by atoms with van der Waals surface area (Å²) in [5, 5.41) is 12.5. The van der Waals surface area contributed by atoms with Crippen LogP contribution in [0, 0.1) is 6.92 Å². The summed E-state index contributed by atoms with van der Waals surface area (Å²) in [5.41, 5.74) is 1.13. The minimum atomic E-state index is 0.333. The fourth-order valence-electron chi connectivity index (χ4n) is 1.26. The number of aryl methyl sites for hydroxylation is 1. The van der Waals surface area contributed by atoms with Gasteiger partial charge < -0.3 is 5.11 Å². The summed E-state index contributed by atoms with van der Waals surface area (Å²) in [5.74, 6) is 0.333. The number of aromatic hydroxyl groups is 1. The highest BCUT2D eigenvalue weighted by molar-refractivity contribution is 9.10. The predicted octanol–water partition coefficient (Wildman–Crippen LogP) is 3.68. The molecule has 62 valence electrons. The van der Waals surface area contributed by atoms with Crippen molar-refractivity contribution < 1.29 is 5.11 Å². The molecule has 0 bridgehead atoms. The first-order valence-corrected chi connectivity index (χ1v) is 5.22. The summed E-state index contributed by atoms with van der Waals surface area (Å²) in [6, 6.07) is 3.56. The van der Waals surface area contributed by atoms with Crippen molar-refractivity contribution in [2.24, 2.45) is 0 Å². The number of rotatable bonds is 0. The molecule has 0 fully saturated rings. The minimum Gasteiger partial charge on any atom is -0.508 e. The maximum atomic E-state index is 9.34. The highest BCUT2D eigenvalue weighted by Crippen LogP contribution is 2.34. The molecule has 1 nitrogen and oxygen atoms in total. The van der Waals surface area contributed by atoms with Gasteiger partial charge in [-0.2, -0.15) is 0 Å². The highest BCUT2D eigenvalue weighted by atomic mass is 79.9. The van der Waals surface area contributed by atoms with E-state index in [0.29, 0.717) is 5.75 Å². The van der Waals surface area contributed by atoms with Gasteiger partial charge in [-0.1, -0.05) is 0 Å². The maximum Gasteiger partial charge on any atom is 0.116 e. The van der Waals surface area contributed by atoms with Crippen molar-refractivity contribution in [2.75, 3.05) is 0 Å². The topological polar surface area (TPSA) is 20.2 Å². The van der Waals surface area contributed by atoms with Crippen LogP contribution in [-0.2, 0) is 0 Å².